The van der Waals surface area contributed by atoms with E-state index in [-0.39, 0.29) is 11.8 Å². The largest absolute Gasteiger partial charge is 0.314 e. The molecule has 2 heterocycles. The molecule has 0 aromatic heterocycles. The molecular formula is C11H18N4O2. The first-order chi connectivity index (χ1) is 8.00. The van der Waals surface area contributed by atoms with Crippen LogP contribution in [0.1, 0.15) is 13.8 Å². The van der Waals surface area contributed by atoms with Crippen LogP contribution < -0.4 is 10.6 Å². The lowest BCUT2D eigenvalue weighted by Crippen LogP contribution is -2.54. The number of amidine groups is 1. The number of carbonyl (C=O) groups excluding carboxylic acids is 2. The summed E-state index contributed by atoms with van der Waals surface area (Å²) < 4.78 is 0. The number of hydrogen-bond acceptors (Lipinski definition) is 4. The maximum atomic E-state index is 11.7. The van der Waals surface area contributed by atoms with E-state index in [4.69, 9.17) is 0 Å². The lowest BCUT2D eigenvalue weighted by Gasteiger charge is -2.30. The van der Waals surface area contributed by atoms with Gasteiger partial charge in [0.2, 0.25) is 5.91 Å². The average molecular weight is 238 g/mol. The van der Waals surface area contributed by atoms with E-state index in [2.05, 4.69) is 20.5 Å². The van der Waals surface area contributed by atoms with Crippen LogP contribution in [0.4, 0.5) is 0 Å². The van der Waals surface area contributed by atoms with Gasteiger partial charge in [0.1, 0.15) is 11.3 Å². The quantitative estimate of drug-likeness (QED) is 0.603. The van der Waals surface area contributed by atoms with Crippen LogP contribution in [0.5, 0.6) is 0 Å². The first kappa shape index (κ1) is 12.2. The first-order valence-corrected chi connectivity index (χ1v) is 5.86. The van der Waals surface area contributed by atoms with Gasteiger partial charge >= 0.3 is 0 Å². The van der Waals surface area contributed by atoms with Gasteiger partial charge in [-0.2, -0.15) is 4.99 Å². The molecule has 0 aromatic carbocycles. The third-order valence-corrected chi connectivity index (χ3v) is 3.18. The summed E-state index contributed by atoms with van der Waals surface area (Å²) >= 11 is 0. The van der Waals surface area contributed by atoms with Crippen LogP contribution in [-0.2, 0) is 9.59 Å². The highest BCUT2D eigenvalue weighted by molar-refractivity contribution is 6.18. The van der Waals surface area contributed by atoms with Crippen molar-refractivity contribution in [3.63, 3.8) is 0 Å². The standard InChI is InChI=1S/C11H18N4O2/c1-11(2)9(16)13-8(14-10(11)17)7-15-5-3-12-4-6-15/h12H,3-7H2,1-2H3,(H,13,14,16,17). The SMILES string of the molecule is CC1(C)C(=O)N=C(CN2CCNCC2)NC1=O. The zero-order chi connectivity index (χ0) is 12.5. The Labute approximate surface area is 100 Å². The predicted octanol–water partition coefficient (Wildman–Crippen LogP) is -1.03. The van der Waals surface area contributed by atoms with E-state index in [0.29, 0.717) is 12.4 Å². The fourth-order valence-electron chi connectivity index (χ4n) is 1.83. The van der Waals surface area contributed by atoms with E-state index in [1.807, 2.05) is 0 Å². The van der Waals surface area contributed by atoms with Crippen molar-refractivity contribution in [1.29, 1.82) is 0 Å². The molecule has 1 fully saturated rings. The van der Waals surface area contributed by atoms with Crippen molar-refractivity contribution in [3.8, 4) is 0 Å². The first-order valence-electron chi connectivity index (χ1n) is 5.86. The van der Waals surface area contributed by atoms with Crippen LogP contribution in [0.3, 0.4) is 0 Å². The minimum atomic E-state index is -1.03. The van der Waals surface area contributed by atoms with Crippen LogP contribution >= 0.6 is 0 Å². The fourth-order valence-corrected chi connectivity index (χ4v) is 1.83. The molecule has 0 bridgehead atoms. The van der Waals surface area contributed by atoms with E-state index in [9.17, 15) is 9.59 Å². The molecule has 0 spiro atoms. The van der Waals surface area contributed by atoms with Gasteiger partial charge in [-0.3, -0.25) is 14.5 Å². The Morgan fingerprint density at radius 1 is 1.29 bits per heavy atom. The van der Waals surface area contributed by atoms with E-state index in [1.165, 1.54) is 0 Å². The summed E-state index contributed by atoms with van der Waals surface area (Å²) in [6, 6.07) is 0. The number of carbonyl (C=O) groups is 2. The van der Waals surface area contributed by atoms with Crippen molar-refractivity contribution in [3.05, 3.63) is 0 Å². The van der Waals surface area contributed by atoms with Crippen molar-refractivity contribution in [2.24, 2.45) is 10.4 Å². The average Bonchev–Trinajstić information content (AvgIpc) is 2.28. The molecule has 0 aliphatic carbocycles. The molecule has 2 N–H and O–H groups in total. The van der Waals surface area contributed by atoms with Gasteiger partial charge in [-0.05, 0) is 13.8 Å². The predicted molar refractivity (Wildman–Crippen MR) is 63.7 cm³/mol. The Kier molecular flexibility index (Phi) is 3.26. The molecule has 0 saturated carbocycles. The van der Waals surface area contributed by atoms with Gasteiger partial charge in [0.15, 0.2) is 0 Å². The zero-order valence-corrected chi connectivity index (χ0v) is 10.2. The fraction of sp³-hybridized carbons (Fsp3) is 0.727. The maximum Gasteiger partial charge on any atom is 0.262 e. The van der Waals surface area contributed by atoms with Gasteiger partial charge < -0.3 is 10.6 Å². The lowest BCUT2D eigenvalue weighted by molar-refractivity contribution is -0.139. The van der Waals surface area contributed by atoms with E-state index < -0.39 is 5.41 Å². The second-order valence-corrected chi connectivity index (χ2v) is 4.97. The summed E-state index contributed by atoms with van der Waals surface area (Å²) in [5.41, 5.74) is -1.03. The highest BCUT2D eigenvalue weighted by atomic mass is 16.2. The molecule has 2 rings (SSSR count). The zero-order valence-electron chi connectivity index (χ0n) is 10.2. The number of hydrogen-bond donors (Lipinski definition) is 2. The minimum absolute atomic E-state index is 0.261. The molecule has 6 nitrogen and oxygen atoms in total. The number of piperazine rings is 1. The summed E-state index contributed by atoms with van der Waals surface area (Å²) in [5, 5.41) is 5.96. The molecule has 0 atom stereocenters. The van der Waals surface area contributed by atoms with Crippen LogP contribution in [-0.4, -0.2) is 55.3 Å². The van der Waals surface area contributed by atoms with Crippen molar-refractivity contribution in [2.45, 2.75) is 13.8 Å². The second kappa shape index (κ2) is 4.54. The number of amides is 2. The van der Waals surface area contributed by atoms with Gasteiger partial charge in [0.25, 0.3) is 5.91 Å². The summed E-state index contributed by atoms with van der Waals surface area (Å²) in [6.07, 6.45) is 0. The Bertz CT molecular complexity index is 370. The van der Waals surface area contributed by atoms with Crippen molar-refractivity contribution < 1.29 is 9.59 Å². The van der Waals surface area contributed by atoms with Gasteiger partial charge in [-0.25, -0.2) is 0 Å². The lowest BCUT2D eigenvalue weighted by atomic mass is 9.90. The van der Waals surface area contributed by atoms with Crippen LogP contribution in [0, 0.1) is 5.41 Å². The summed E-state index contributed by atoms with van der Waals surface area (Å²) in [7, 11) is 0. The molecule has 0 unspecified atom stereocenters. The van der Waals surface area contributed by atoms with Crippen LogP contribution in [0.25, 0.3) is 0 Å². The molecule has 2 aliphatic rings. The Morgan fingerprint density at radius 2 is 1.94 bits per heavy atom. The Morgan fingerprint density at radius 3 is 2.53 bits per heavy atom. The number of aliphatic imine (C=N–C) groups is 1. The highest BCUT2D eigenvalue weighted by Crippen LogP contribution is 2.20. The van der Waals surface area contributed by atoms with Gasteiger partial charge in [-0.15, -0.1) is 0 Å². The second-order valence-electron chi connectivity index (χ2n) is 4.97. The van der Waals surface area contributed by atoms with Gasteiger partial charge in [0, 0.05) is 26.2 Å². The molecule has 0 aromatic rings. The van der Waals surface area contributed by atoms with Crippen LogP contribution in [0.2, 0.25) is 0 Å². The molecular weight excluding hydrogens is 220 g/mol. The topological polar surface area (TPSA) is 73.8 Å². The van der Waals surface area contributed by atoms with Gasteiger partial charge in [0.05, 0.1) is 6.54 Å². The molecule has 94 valence electrons. The molecule has 1 saturated heterocycles. The molecule has 17 heavy (non-hydrogen) atoms. The summed E-state index contributed by atoms with van der Waals surface area (Å²) in [5.74, 6) is -0.143. The molecule has 2 aliphatic heterocycles. The molecule has 2 amide bonds. The van der Waals surface area contributed by atoms with E-state index in [0.717, 1.165) is 26.2 Å². The smallest absolute Gasteiger partial charge is 0.262 e. The molecule has 0 radical (unpaired) electrons. The van der Waals surface area contributed by atoms with E-state index in [1.54, 1.807) is 13.8 Å². The number of rotatable bonds is 2. The third-order valence-electron chi connectivity index (χ3n) is 3.18. The minimum Gasteiger partial charge on any atom is -0.314 e. The van der Waals surface area contributed by atoms with Crippen LogP contribution in [0.15, 0.2) is 4.99 Å². The Balaban J connectivity index is 2.02. The van der Waals surface area contributed by atoms with Gasteiger partial charge in [-0.1, -0.05) is 0 Å². The van der Waals surface area contributed by atoms with E-state index >= 15 is 0 Å². The summed E-state index contributed by atoms with van der Waals surface area (Å²) in [6.45, 7) is 7.40. The van der Waals surface area contributed by atoms with Crippen molar-refractivity contribution in [1.82, 2.24) is 15.5 Å². The Hall–Kier alpha value is -1.27. The third kappa shape index (κ3) is 2.53. The number of nitrogens with zero attached hydrogens (tertiary/aromatic N) is 2. The normalized spacial score (nSPS) is 25.4. The summed E-state index contributed by atoms with van der Waals surface area (Å²) in [4.78, 5) is 29.6. The van der Waals surface area contributed by atoms with Crippen molar-refractivity contribution in [2.75, 3.05) is 32.7 Å². The monoisotopic (exact) mass is 238 g/mol. The maximum absolute atomic E-state index is 11.7. The van der Waals surface area contributed by atoms with Crippen molar-refractivity contribution >= 4 is 17.6 Å². The highest BCUT2D eigenvalue weighted by Gasteiger charge is 2.40. The number of nitrogens with one attached hydrogen (secondary N) is 2. The molecule has 6 heteroatoms.